The number of benzene rings is 12. The number of nitrogens with zero attached hydrogens (tertiary/aromatic N) is 2. The summed E-state index contributed by atoms with van der Waals surface area (Å²) in [5.41, 5.74) is 14.5. The van der Waals surface area contributed by atoms with E-state index in [1.807, 2.05) is 12.1 Å². The monoisotopic (exact) mass is 882 g/mol. The normalized spacial score (nSPS) is 11.8. The molecule has 0 aliphatic heterocycles. The number of hydrogen-bond donors (Lipinski definition) is 0. The van der Waals surface area contributed by atoms with Crippen LogP contribution in [0.3, 0.4) is 0 Å². The van der Waals surface area contributed by atoms with Crippen LogP contribution in [0, 0.1) is 0 Å². The first-order valence-electron chi connectivity index (χ1n) is 23.6. The van der Waals surface area contributed by atoms with Crippen LogP contribution in [-0.4, -0.2) is 0 Å². The molecule has 4 heteroatoms. The molecule has 0 N–H and O–H groups in total. The van der Waals surface area contributed by atoms with Crippen molar-refractivity contribution in [3.8, 4) is 11.1 Å². The molecule has 0 amide bonds. The van der Waals surface area contributed by atoms with Crippen molar-refractivity contribution >= 4 is 110 Å². The minimum absolute atomic E-state index is 0.775. The lowest BCUT2D eigenvalue weighted by Gasteiger charge is -2.31. The topological polar surface area (TPSA) is 32.8 Å². The maximum Gasteiger partial charge on any atom is 0.159 e. The van der Waals surface area contributed by atoms with E-state index in [1.54, 1.807) is 0 Å². The molecule has 14 rings (SSSR count). The van der Waals surface area contributed by atoms with Gasteiger partial charge in [0.25, 0.3) is 0 Å². The second-order valence-electron chi connectivity index (χ2n) is 17.9. The molecule has 14 aromatic rings. The van der Waals surface area contributed by atoms with Crippen LogP contribution in [0.5, 0.6) is 0 Å². The van der Waals surface area contributed by atoms with Crippen molar-refractivity contribution in [2.75, 3.05) is 9.80 Å². The summed E-state index contributed by atoms with van der Waals surface area (Å²) in [7, 11) is 0. The van der Waals surface area contributed by atoms with Gasteiger partial charge < -0.3 is 18.6 Å². The number of hydrogen-bond acceptors (Lipinski definition) is 4. The van der Waals surface area contributed by atoms with Gasteiger partial charge in [0.05, 0.1) is 28.4 Å². The van der Waals surface area contributed by atoms with Gasteiger partial charge in [-0.1, -0.05) is 194 Å². The lowest BCUT2D eigenvalue weighted by atomic mass is 9.91. The van der Waals surface area contributed by atoms with Gasteiger partial charge in [0.15, 0.2) is 11.2 Å². The summed E-state index contributed by atoms with van der Waals surface area (Å²) in [6.45, 7) is 0. The Labute approximate surface area is 398 Å². The van der Waals surface area contributed by atoms with Gasteiger partial charge in [0.2, 0.25) is 0 Å². The quantitative estimate of drug-likeness (QED) is 0.135. The van der Waals surface area contributed by atoms with Crippen molar-refractivity contribution in [2.24, 2.45) is 0 Å². The van der Waals surface area contributed by atoms with E-state index in [2.05, 4.69) is 240 Å². The Bertz CT molecular complexity index is 4240. The highest BCUT2D eigenvalue weighted by atomic mass is 16.3. The molecule has 0 unspecified atom stereocenters. The number of anilines is 6. The maximum atomic E-state index is 6.85. The van der Waals surface area contributed by atoms with Crippen molar-refractivity contribution < 1.29 is 8.83 Å². The number of fused-ring (bicyclic) bond motifs is 6. The van der Waals surface area contributed by atoms with E-state index >= 15 is 0 Å². The maximum absolute atomic E-state index is 6.85. The van der Waals surface area contributed by atoms with Crippen molar-refractivity contribution in [1.82, 2.24) is 0 Å². The smallest absolute Gasteiger partial charge is 0.159 e. The highest BCUT2D eigenvalue weighted by Gasteiger charge is 2.27. The molecule has 2 aromatic heterocycles. The zero-order valence-electron chi connectivity index (χ0n) is 37.5. The van der Waals surface area contributed by atoms with Crippen LogP contribution in [0.1, 0.15) is 11.1 Å². The first kappa shape index (κ1) is 39.1. The Morgan fingerprint density at radius 2 is 0.739 bits per heavy atom. The molecule has 0 saturated heterocycles. The van der Waals surface area contributed by atoms with E-state index in [9.17, 15) is 0 Å². The first-order chi connectivity index (χ1) is 34.2. The van der Waals surface area contributed by atoms with Crippen LogP contribution in [0.2, 0.25) is 0 Å². The third-order valence-corrected chi connectivity index (χ3v) is 14.0. The van der Waals surface area contributed by atoms with Crippen LogP contribution in [-0.2, 0) is 6.42 Å². The standard InChI is InChI=1S/C65H42N2O2/c1-3-17-42(18-4-1)41-46-21-7-11-27-54(46)66(58-29-15-25-50-48-23-9-13-31-60(48)68-64(50)58)56-39-35-44-34-38-53-57(40-36-45-33-37-52(56)62(44)63(45)53)67(55-28-12-8-22-47(55)43-19-5-2-6-20-43)59-30-16-26-51-49-24-10-14-32-61(49)69-65(51)59/h1-40H,41H2. The van der Waals surface area contributed by atoms with Crippen molar-refractivity contribution in [3.63, 3.8) is 0 Å². The van der Waals surface area contributed by atoms with Crippen LogP contribution in [0.25, 0.3) is 87.3 Å². The van der Waals surface area contributed by atoms with Gasteiger partial charge in [-0.3, -0.25) is 0 Å². The zero-order valence-corrected chi connectivity index (χ0v) is 37.5. The van der Waals surface area contributed by atoms with Crippen LogP contribution in [0.15, 0.2) is 251 Å². The zero-order chi connectivity index (χ0) is 45.4. The highest BCUT2D eigenvalue weighted by Crippen LogP contribution is 2.52. The van der Waals surface area contributed by atoms with Gasteiger partial charge in [-0.2, -0.15) is 0 Å². The second-order valence-corrected chi connectivity index (χ2v) is 17.9. The fourth-order valence-electron chi connectivity index (χ4n) is 11.0. The van der Waals surface area contributed by atoms with Gasteiger partial charge >= 0.3 is 0 Å². The van der Waals surface area contributed by atoms with Gasteiger partial charge in [0.1, 0.15) is 11.2 Å². The van der Waals surface area contributed by atoms with Crippen molar-refractivity contribution in [3.05, 3.63) is 254 Å². The molecular formula is C65H42N2O2. The summed E-state index contributed by atoms with van der Waals surface area (Å²) in [5.74, 6) is 0. The van der Waals surface area contributed by atoms with Gasteiger partial charge in [0, 0.05) is 43.6 Å². The predicted octanol–water partition coefficient (Wildman–Crippen LogP) is 18.6. The molecule has 4 nitrogen and oxygen atoms in total. The summed E-state index contributed by atoms with van der Waals surface area (Å²) >= 11 is 0. The Kier molecular flexibility index (Phi) is 8.93. The summed E-state index contributed by atoms with van der Waals surface area (Å²) < 4.78 is 13.7. The molecule has 12 aromatic carbocycles. The van der Waals surface area contributed by atoms with E-state index in [1.165, 1.54) is 32.7 Å². The molecule has 0 atom stereocenters. The minimum Gasteiger partial charge on any atom is -0.454 e. The highest BCUT2D eigenvalue weighted by molar-refractivity contribution is 6.29. The Morgan fingerprint density at radius 1 is 0.290 bits per heavy atom. The molecule has 0 radical (unpaired) electrons. The Hall–Kier alpha value is -9.12. The number of furan rings is 2. The van der Waals surface area contributed by atoms with Gasteiger partial charge in [-0.05, 0) is 93.2 Å². The van der Waals surface area contributed by atoms with E-state index in [0.717, 1.165) is 106 Å². The molecular weight excluding hydrogens is 841 g/mol. The SMILES string of the molecule is c1ccc(Cc2ccccc2N(c2ccc3ccc4c(N(c5ccccc5-c5ccccc5)c5cccc6c5oc5ccccc56)ccc5ccc2c3c54)c2cccc3c2oc2ccccc23)cc1. The predicted molar refractivity (Wildman–Crippen MR) is 289 cm³/mol. The molecule has 0 aliphatic rings. The molecule has 324 valence electrons. The molecule has 0 saturated carbocycles. The molecule has 69 heavy (non-hydrogen) atoms. The van der Waals surface area contributed by atoms with Crippen LogP contribution in [0.4, 0.5) is 34.1 Å². The van der Waals surface area contributed by atoms with Gasteiger partial charge in [-0.25, -0.2) is 0 Å². The number of rotatable bonds is 9. The molecule has 0 aliphatic carbocycles. The van der Waals surface area contributed by atoms with Gasteiger partial charge in [-0.15, -0.1) is 0 Å². The van der Waals surface area contributed by atoms with Crippen LogP contribution < -0.4 is 9.80 Å². The minimum atomic E-state index is 0.775. The lowest BCUT2D eigenvalue weighted by Crippen LogP contribution is -2.13. The third kappa shape index (κ3) is 6.23. The Balaban J connectivity index is 1.05. The average Bonchev–Trinajstić information content (AvgIpc) is 4.00. The molecule has 0 fully saturated rings. The Morgan fingerprint density at radius 3 is 1.35 bits per heavy atom. The van der Waals surface area contributed by atoms with E-state index in [4.69, 9.17) is 8.83 Å². The second kappa shape index (κ2) is 15.8. The lowest BCUT2D eigenvalue weighted by molar-refractivity contribution is 0.668. The van der Waals surface area contributed by atoms with Crippen molar-refractivity contribution in [1.29, 1.82) is 0 Å². The third-order valence-electron chi connectivity index (χ3n) is 14.0. The molecule has 2 heterocycles. The summed E-state index contributed by atoms with van der Waals surface area (Å²) in [5, 5.41) is 11.5. The van der Waals surface area contributed by atoms with E-state index in [0.29, 0.717) is 0 Å². The van der Waals surface area contributed by atoms with Crippen molar-refractivity contribution in [2.45, 2.75) is 6.42 Å². The van der Waals surface area contributed by atoms with E-state index in [-0.39, 0.29) is 0 Å². The summed E-state index contributed by atoms with van der Waals surface area (Å²) in [4.78, 5) is 4.87. The average molecular weight is 883 g/mol. The molecule has 0 bridgehead atoms. The molecule has 0 spiro atoms. The first-order valence-corrected chi connectivity index (χ1v) is 23.6. The fourth-order valence-corrected chi connectivity index (χ4v) is 11.0. The summed E-state index contributed by atoms with van der Waals surface area (Å²) in [6, 6.07) is 87.2. The fraction of sp³-hybridized carbons (Fsp3) is 0.0154. The summed E-state index contributed by atoms with van der Waals surface area (Å²) in [6.07, 6.45) is 0.775. The van der Waals surface area contributed by atoms with E-state index < -0.39 is 0 Å². The largest absolute Gasteiger partial charge is 0.454 e. The number of para-hydroxylation sites is 6. The van der Waals surface area contributed by atoms with Crippen LogP contribution >= 0.6 is 0 Å².